The average Bonchev–Trinajstić information content (AvgIpc) is 2.77. The molecule has 104 valence electrons. The number of rotatable bonds is 3. The van der Waals surface area contributed by atoms with Crippen molar-refractivity contribution in [2.75, 3.05) is 27.3 Å². The standard InChI is InChI=1S/C14H19NO4/c1-14(17)4-5-15(9-14)13(16)10-6-11(18-2)8-12(7-10)19-3/h6-8,17H,4-5,9H2,1-3H3. The highest BCUT2D eigenvalue weighted by Gasteiger charge is 2.34. The number of hydrogen-bond acceptors (Lipinski definition) is 4. The van der Waals surface area contributed by atoms with Gasteiger partial charge in [0, 0.05) is 24.7 Å². The third-order valence-corrected chi connectivity index (χ3v) is 3.34. The van der Waals surface area contributed by atoms with Crippen LogP contribution in [-0.4, -0.2) is 48.8 Å². The summed E-state index contributed by atoms with van der Waals surface area (Å²) in [6, 6.07) is 5.08. The number of amides is 1. The molecule has 0 spiro atoms. The molecular weight excluding hydrogens is 246 g/mol. The van der Waals surface area contributed by atoms with Gasteiger partial charge in [0.2, 0.25) is 0 Å². The molecule has 0 radical (unpaired) electrons. The fourth-order valence-corrected chi connectivity index (χ4v) is 2.23. The van der Waals surface area contributed by atoms with Crippen molar-refractivity contribution in [2.45, 2.75) is 18.9 Å². The Morgan fingerprint density at radius 2 is 1.84 bits per heavy atom. The number of ether oxygens (including phenoxy) is 2. The maximum absolute atomic E-state index is 12.4. The molecule has 1 fully saturated rings. The molecule has 0 aromatic heterocycles. The van der Waals surface area contributed by atoms with Crippen LogP contribution in [0.4, 0.5) is 0 Å². The molecule has 1 unspecified atom stereocenters. The largest absolute Gasteiger partial charge is 0.497 e. The molecule has 1 heterocycles. The number of nitrogens with zero attached hydrogens (tertiary/aromatic N) is 1. The van der Waals surface area contributed by atoms with E-state index in [0.29, 0.717) is 36.6 Å². The van der Waals surface area contributed by atoms with Crippen LogP contribution in [0.2, 0.25) is 0 Å². The molecule has 1 aromatic rings. The van der Waals surface area contributed by atoms with Gasteiger partial charge in [0.25, 0.3) is 5.91 Å². The number of likely N-dealkylation sites (tertiary alicyclic amines) is 1. The summed E-state index contributed by atoms with van der Waals surface area (Å²) < 4.78 is 10.3. The second kappa shape index (κ2) is 5.09. The summed E-state index contributed by atoms with van der Waals surface area (Å²) in [5.74, 6) is 1.04. The van der Waals surface area contributed by atoms with Crippen LogP contribution in [0, 0.1) is 0 Å². The molecule has 1 aliphatic heterocycles. The van der Waals surface area contributed by atoms with Crippen LogP contribution in [0.1, 0.15) is 23.7 Å². The predicted octanol–water partition coefficient (Wildman–Crippen LogP) is 1.30. The zero-order valence-electron chi connectivity index (χ0n) is 11.5. The van der Waals surface area contributed by atoms with Crippen molar-refractivity contribution in [3.8, 4) is 11.5 Å². The SMILES string of the molecule is COc1cc(OC)cc(C(=O)N2CCC(C)(O)C2)c1. The van der Waals surface area contributed by atoms with Crippen LogP contribution in [-0.2, 0) is 0 Å². The summed E-state index contributed by atoms with van der Waals surface area (Å²) in [6.45, 7) is 2.66. The van der Waals surface area contributed by atoms with Gasteiger partial charge in [-0.1, -0.05) is 0 Å². The third-order valence-electron chi connectivity index (χ3n) is 3.34. The van der Waals surface area contributed by atoms with E-state index in [1.54, 1.807) is 44.2 Å². The number of aliphatic hydroxyl groups is 1. The molecule has 1 aromatic carbocycles. The van der Waals surface area contributed by atoms with E-state index in [1.807, 2.05) is 0 Å². The lowest BCUT2D eigenvalue weighted by atomic mass is 10.1. The minimum absolute atomic E-state index is 0.116. The molecule has 1 aliphatic rings. The Kier molecular flexibility index (Phi) is 3.66. The fourth-order valence-electron chi connectivity index (χ4n) is 2.23. The maximum atomic E-state index is 12.4. The van der Waals surface area contributed by atoms with Gasteiger partial charge in [-0.2, -0.15) is 0 Å². The average molecular weight is 265 g/mol. The van der Waals surface area contributed by atoms with Crippen molar-refractivity contribution in [3.63, 3.8) is 0 Å². The number of hydrogen-bond donors (Lipinski definition) is 1. The highest BCUT2D eigenvalue weighted by molar-refractivity contribution is 5.95. The van der Waals surface area contributed by atoms with Gasteiger partial charge in [-0.05, 0) is 25.5 Å². The number of β-amino-alcohol motifs (C(OH)–C–C–N with tert-alkyl or cyclic N) is 1. The van der Waals surface area contributed by atoms with Gasteiger partial charge >= 0.3 is 0 Å². The second-order valence-electron chi connectivity index (χ2n) is 5.07. The molecule has 5 heteroatoms. The Hall–Kier alpha value is -1.75. The van der Waals surface area contributed by atoms with Gasteiger partial charge in [-0.3, -0.25) is 4.79 Å². The van der Waals surface area contributed by atoms with Crippen molar-refractivity contribution in [2.24, 2.45) is 0 Å². The summed E-state index contributed by atoms with van der Waals surface area (Å²) in [6.07, 6.45) is 0.597. The van der Waals surface area contributed by atoms with Crippen molar-refractivity contribution in [1.82, 2.24) is 4.90 Å². The lowest BCUT2D eigenvalue weighted by molar-refractivity contribution is 0.0572. The molecule has 1 amide bonds. The molecule has 1 atom stereocenters. The Labute approximate surface area is 112 Å². The van der Waals surface area contributed by atoms with E-state index in [9.17, 15) is 9.90 Å². The van der Waals surface area contributed by atoms with Crippen LogP contribution >= 0.6 is 0 Å². The molecule has 1 N–H and O–H groups in total. The molecular formula is C14H19NO4. The first-order chi connectivity index (χ1) is 8.95. The Morgan fingerprint density at radius 3 is 2.26 bits per heavy atom. The first-order valence-electron chi connectivity index (χ1n) is 6.20. The molecule has 19 heavy (non-hydrogen) atoms. The molecule has 0 aliphatic carbocycles. The van der Waals surface area contributed by atoms with E-state index < -0.39 is 5.60 Å². The van der Waals surface area contributed by atoms with Gasteiger partial charge in [0.15, 0.2) is 0 Å². The molecule has 0 bridgehead atoms. The quantitative estimate of drug-likeness (QED) is 0.895. The molecule has 2 rings (SSSR count). The van der Waals surface area contributed by atoms with Crippen LogP contribution in [0.15, 0.2) is 18.2 Å². The van der Waals surface area contributed by atoms with E-state index in [0.717, 1.165) is 0 Å². The molecule has 5 nitrogen and oxygen atoms in total. The Balaban J connectivity index is 2.24. The minimum atomic E-state index is -0.793. The summed E-state index contributed by atoms with van der Waals surface area (Å²) in [4.78, 5) is 14.0. The second-order valence-corrected chi connectivity index (χ2v) is 5.07. The minimum Gasteiger partial charge on any atom is -0.497 e. The van der Waals surface area contributed by atoms with E-state index >= 15 is 0 Å². The summed E-state index contributed by atoms with van der Waals surface area (Å²) in [7, 11) is 3.09. The van der Waals surface area contributed by atoms with Gasteiger partial charge in [0.05, 0.1) is 19.8 Å². The lowest BCUT2D eigenvalue weighted by Crippen LogP contribution is -2.33. The van der Waals surface area contributed by atoms with Crippen LogP contribution in [0.3, 0.4) is 0 Å². The first kappa shape index (κ1) is 13.7. The summed E-state index contributed by atoms with van der Waals surface area (Å²) >= 11 is 0. The fraction of sp³-hybridized carbons (Fsp3) is 0.500. The zero-order valence-corrected chi connectivity index (χ0v) is 11.5. The zero-order chi connectivity index (χ0) is 14.0. The number of methoxy groups -OCH3 is 2. The topological polar surface area (TPSA) is 59.0 Å². The van der Waals surface area contributed by atoms with Crippen molar-refractivity contribution in [1.29, 1.82) is 0 Å². The van der Waals surface area contributed by atoms with E-state index in [4.69, 9.17) is 9.47 Å². The third kappa shape index (κ3) is 2.98. The van der Waals surface area contributed by atoms with Crippen LogP contribution in [0.25, 0.3) is 0 Å². The highest BCUT2D eigenvalue weighted by Crippen LogP contribution is 2.26. The van der Waals surface area contributed by atoms with Crippen LogP contribution < -0.4 is 9.47 Å². The Bertz CT molecular complexity index is 462. The highest BCUT2D eigenvalue weighted by atomic mass is 16.5. The monoisotopic (exact) mass is 265 g/mol. The van der Waals surface area contributed by atoms with E-state index in [2.05, 4.69) is 0 Å². The van der Waals surface area contributed by atoms with Crippen LogP contribution in [0.5, 0.6) is 11.5 Å². The smallest absolute Gasteiger partial charge is 0.254 e. The normalized spacial score (nSPS) is 22.4. The van der Waals surface area contributed by atoms with E-state index in [1.165, 1.54) is 0 Å². The summed E-state index contributed by atoms with van der Waals surface area (Å²) in [5.41, 5.74) is -0.285. The molecule has 0 saturated carbocycles. The van der Waals surface area contributed by atoms with Gasteiger partial charge in [0.1, 0.15) is 11.5 Å². The maximum Gasteiger partial charge on any atom is 0.254 e. The number of benzene rings is 1. The number of carbonyl (C=O) groups is 1. The van der Waals surface area contributed by atoms with E-state index in [-0.39, 0.29) is 5.91 Å². The molecule has 1 saturated heterocycles. The van der Waals surface area contributed by atoms with Gasteiger partial charge < -0.3 is 19.5 Å². The lowest BCUT2D eigenvalue weighted by Gasteiger charge is -2.19. The van der Waals surface area contributed by atoms with Gasteiger partial charge in [-0.25, -0.2) is 0 Å². The van der Waals surface area contributed by atoms with Crippen molar-refractivity contribution >= 4 is 5.91 Å². The predicted molar refractivity (Wildman–Crippen MR) is 70.7 cm³/mol. The number of carbonyl (C=O) groups excluding carboxylic acids is 1. The van der Waals surface area contributed by atoms with Crippen molar-refractivity contribution in [3.05, 3.63) is 23.8 Å². The Morgan fingerprint density at radius 1 is 1.26 bits per heavy atom. The summed E-state index contributed by atoms with van der Waals surface area (Å²) in [5, 5.41) is 9.92. The van der Waals surface area contributed by atoms with Gasteiger partial charge in [-0.15, -0.1) is 0 Å². The first-order valence-corrected chi connectivity index (χ1v) is 6.20. The van der Waals surface area contributed by atoms with Crippen molar-refractivity contribution < 1.29 is 19.4 Å².